The molecular formula is C17H21FN4O. The van der Waals surface area contributed by atoms with Gasteiger partial charge in [-0.2, -0.15) is 0 Å². The Morgan fingerprint density at radius 1 is 1.17 bits per heavy atom. The molecule has 1 saturated heterocycles. The van der Waals surface area contributed by atoms with Gasteiger partial charge in [0, 0.05) is 44.7 Å². The molecule has 3 heterocycles. The molecule has 0 atom stereocenters. The van der Waals surface area contributed by atoms with Gasteiger partial charge >= 0.3 is 0 Å². The molecule has 0 saturated carbocycles. The maximum absolute atomic E-state index is 15.0. The summed E-state index contributed by atoms with van der Waals surface area (Å²) >= 11 is 0. The van der Waals surface area contributed by atoms with Crippen LogP contribution in [0.5, 0.6) is 0 Å². The molecule has 1 aliphatic rings. The number of methoxy groups -OCH3 is 1. The Labute approximate surface area is 135 Å². The molecule has 0 unspecified atom stereocenters. The zero-order valence-corrected chi connectivity index (χ0v) is 13.3. The Kier molecular flexibility index (Phi) is 4.81. The molecular weight excluding hydrogens is 295 g/mol. The van der Waals surface area contributed by atoms with Gasteiger partial charge in [-0.1, -0.05) is 6.07 Å². The van der Waals surface area contributed by atoms with Crippen LogP contribution in [-0.4, -0.2) is 40.8 Å². The number of hydrogen-bond acceptors (Lipinski definition) is 5. The number of aromatic nitrogens is 3. The van der Waals surface area contributed by atoms with E-state index in [9.17, 15) is 0 Å². The van der Waals surface area contributed by atoms with Crippen molar-refractivity contribution >= 4 is 5.82 Å². The summed E-state index contributed by atoms with van der Waals surface area (Å²) in [5.41, 5.74) is -0.374. The third-order valence-electron chi connectivity index (χ3n) is 4.17. The normalized spacial score (nSPS) is 17.2. The van der Waals surface area contributed by atoms with Gasteiger partial charge in [-0.05, 0) is 31.0 Å². The molecule has 0 N–H and O–H groups in total. The number of alkyl halides is 1. The first-order valence-electron chi connectivity index (χ1n) is 7.83. The number of pyridine rings is 1. The van der Waals surface area contributed by atoms with Crippen LogP contribution >= 0.6 is 0 Å². The van der Waals surface area contributed by atoms with Crippen molar-refractivity contribution < 1.29 is 9.13 Å². The fourth-order valence-corrected chi connectivity index (χ4v) is 2.90. The van der Waals surface area contributed by atoms with Crippen molar-refractivity contribution in [3.63, 3.8) is 0 Å². The monoisotopic (exact) mass is 316 g/mol. The van der Waals surface area contributed by atoms with E-state index in [4.69, 9.17) is 4.74 Å². The van der Waals surface area contributed by atoms with E-state index < -0.39 is 5.67 Å². The lowest BCUT2D eigenvalue weighted by molar-refractivity contribution is 0.124. The standard InChI is InChI=1S/C17H21FN4O/c1-23-13-15-20-9-5-16(21-15)22-10-6-17(18,7-11-22)12-14-4-2-3-8-19-14/h2-5,8-9H,6-7,10-13H2,1H3. The number of rotatable bonds is 5. The van der Waals surface area contributed by atoms with Crippen LogP contribution in [0, 0.1) is 0 Å². The molecule has 0 amide bonds. The van der Waals surface area contributed by atoms with Gasteiger partial charge in [-0.3, -0.25) is 4.98 Å². The summed E-state index contributed by atoms with van der Waals surface area (Å²) in [6, 6.07) is 7.50. The topological polar surface area (TPSA) is 51.1 Å². The van der Waals surface area contributed by atoms with E-state index in [0.717, 1.165) is 11.5 Å². The molecule has 0 bridgehead atoms. The number of anilines is 1. The van der Waals surface area contributed by atoms with Gasteiger partial charge in [0.25, 0.3) is 0 Å². The minimum absolute atomic E-state index is 0.375. The maximum Gasteiger partial charge on any atom is 0.156 e. The van der Waals surface area contributed by atoms with Crippen LogP contribution < -0.4 is 4.90 Å². The van der Waals surface area contributed by atoms with Crippen molar-refractivity contribution in [3.05, 3.63) is 48.2 Å². The minimum Gasteiger partial charge on any atom is -0.377 e. The van der Waals surface area contributed by atoms with E-state index in [1.165, 1.54) is 0 Å². The highest BCUT2D eigenvalue weighted by molar-refractivity contribution is 5.38. The minimum atomic E-state index is -1.19. The van der Waals surface area contributed by atoms with Gasteiger partial charge in [0.15, 0.2) is 5.82 Å². The average Bonchev–Trinajstić information content (AvgIpc) is 2.57. The van der Waals surface area contributed by atoms with Crippen LogP contribution in [0.15, 0.2) is 36.7 Å². The summed E-state index contributed by atoms with van der Waals surface area (Å²) in [7, 11) is 1.62. The summed E-state index contributed by atoms with van der Waals surface area (Å²) in [6.07, 6.45) is 4.77. The number of halogens is 1. The zero-order chi connectivity index (χ0) is 16.1. The molecule has 122 valence electrons. The van der Waals surface area contributed by atoms with Crippen LogP contribution in [0.25, 0.3) is 0 Å². The van der Waals surface area contributed by atoms with E-state index >= 15 is 4.39 Å². The Bertz CT molecular complexity index is 630. The number of ether oxygens (including phenoxy) is 1. The highest BCUT2D eigenvalue weighted by Gasteiger charge is 2.35. The van der Waals surface area contributed by atoms with Gasteiger partial charge < -0.3 is 9.64 Å². The average molecular weight is 316 g/mol. The summed E-state index contributed by atoms with van der Waals surface area (Å²) in [5, 5.41) is 0. The lowest BCUT2D eigenvalue weighted by Crippen LogP contribution is -2.43. The molecule has 1 aliphatic heterocycles. The second-order valence-electron chi connectivity index (χ2n) is 5.90. The van der Waals surface area contributed by atoms with Crippen molar-refractivity contribution in [3.8, 4) is 0 Å². The first-order chi connectivity index (χ1) is 11.2. The Balaban J connectivity index is 1.62. The molecule has 5 nitrogen and oxygen atoms in total. The van der Waals surface area contributed by atoms with Crippen molar-refractivity contribution in [2.45, 2.75) is 31.5 Å². The van der Waals surface area contributed by atoms with E-state index in [1.807, 2.05) is 24.3 Å². The van der Waals surface area contributed by atoms with Crippen molar-refractivity contribution in [2.75, 3.05) is 25.1 Å². The summed E-state index contributed by atoms with van der Waals surface area (Å²) in [6.45, 7) is 1.67. The predicted octanol–water partition coefficient (Wildman–Crippen LogP) is 2.57. The predicted molar refractivity (Wildman–Crippen MR) is 86.0 cm³/mol. The number of piperidine rings is 1. The van der Waals surface area contributed by atoms with Crippen molar-refractivity contribution in [1.29, 1.82) is 0 Å². The third-order valence-corrected chi connectivity index (χ3v) is 4.17. The Hall–Kier alpha value is -2.08. The smallest absolute Gasteiger partial charge is 0.156 e. The van der Waals surface area contributed by atoms with Gasteiger partial charge in [0.05, 0.1) is 0 Å². The number of hydrogen-bond donors (Lipinski definition) is 0. The SMILES string of the molecule is COCc1nccc(N2CCC(F)(Cc3ccccn3)CC2)n1. The lowest BCUT2D eigenvalue weighted by atomic mass is 9.88. The van der Waals surface area contributed by atoms with Gasteiger partial charge in [0.1, 0.15) is 18.1 Å². The molecule has 2 aromatic rings. The Morgan fingerprint density at radius 2 is 2.00 bits per heavy atom. The van der Waals surface area contributed by atoms with Gasteiger partial charge in [0.2, 0.25) is 0 Å². The summed E-state index contributed by atoms with van der Waals surface area (Å²) in [5.74, 6) is 1.49. The van der Waals surface area contributed by atoms with E-state index in [-0.39, 0.29) is 0 Å². The molecule has 1 fully saturated rings. The lowest BCUT2D eigenvalue weighted by Gasteiger charge is -2.37. The maximum atomic E-state index is 15.0. The van der Waals surface area contributed by atoms with Crippen LogP contribution in [0.3, 0.4) is 0 Å². The first-order valence-corrected chi connectivity index (χ1v) is 7.83. The summed E-state index contributed by atoms with van der Waals surface area (Å²) in [4.78, 5) is 15.0. The molecule has 6 heteroatoms. The van der Waals surface area contributed by atoms with Crippen LogP contribution in [0.4, 0.5) is 10.2 Å². The van der Waals surface area contributed by atoms with Crippen LogP contribution in [0.2, 0.25) is 0 Å². The van der Waals surface area contributed by atoms with E-state index in [1.54, 1.807) is 19.5 Å². The second kappa shape index (κ2) is 7.00. The molecule has 0 radical (unpaired) electrons. The molecule has 23 heavy (non-hydrogen) atoms. The van der Waals surface area contributed by atoms with E-state index in [2.05, 4.69) is 19.9 Å². The van der Waals surface area contributed by atoms with Crippen LogP contribution in [0.1, 0.15) is 24.4 Å². The molecule has 0 spiro atoms. The molecule has 0 aliphatic carbocycles. The van der Waals surface area contributed by atoms with Crippen molar-refractivity contribution in [2.24, 2.45) is 0 Å². The van der Waals surface area contributed by atoms with Gasteiger partial charge in [-0.25, -0.2) is 14.4 Å². The first kappa shape index (κ1) is 15.8. The quantitative estimate of drug-likeness (QED) is 0.848. The molecule has 2 aromatic heterocycles. The molecule has 3 rings (SSSR count). The fraction of sp³-hybridized carbons (Fsp3) is 0.471. The van der Waals surface area contributed by atoms with E-state index in [0.29, 0.717) is 44.8 Å². The second-order valence-corrected chi connectivity index (χ2v) is 5.90. The van der Waals surface area contributed by atoms with Crippen LogP contribution in [-0.2, 0) is 17.8 Å². The number of nitrogens with zero attached hydrogens (tertiary/aromatic N) is 4. The highest BCUT2D eigenvalue weighted by atomic mass is 19.1. The highest BCUT2D eigenvalue weighted by Crippen LogP contribution is 2.31. The van der Waals surface area contributed by atoms with Crippen molar-refractivity contribution in [1.82, 2.24) is 15.0 Å². The fourth-order valence-electron chi connectivity index (χ4n) is 2.90. The Morgan fingerprint density at radius 3 is 2.70 bits per heavy atom. The third kappa shape index (κ3) is 4.01. The van der Waals surface area contributed by atoms with Gasteiger partial charge in [-0.15, -0.1) is 0 Å². The zero-order valence-electron chi connectivity index (χ0n) is 13.3. The summed E-state index contributed by atoms with van der Waals surface area (Å²) < 4.78 is 20.1. The largest absolute Gasteiger partial charge is 0.377 e. The molecule has 0 aromatic carbocycles.